The normalized spacial score (nSPS) is 10.2. The van der Waals surface area contributed by atoms with E-state index >= 15 is 0 Å². The predicted molar refractivity (Wildman–Crippen MR) is 446 cm³/mol. The fourth-order valence-electron chi connectivity index (χ4n) is 9.16. The van der Waals surface area contributed by atoms with Gasteiger partial charge >= 0.3 is 11.9 Å². The van der Waals surface area contributed by atoms with E-state index in [1.165, 1.54) is 42.0 Å². The highest BCUT2D eigenvalue weighted by Gasteiger charge is 2.10. The quantitative estimate of drug-likeness (QED) is 0.0217. The topological polar surface area (TPSA) is 168 Å². The molecule has 0 radical (unpaired) electrons. The molecule has 0 atom stereocenters. The minimum Gasteiger partial charge on any atom is -0.497 e. The van der Waals surface area contributed by atoms with E-state index in [2.05, 4.69) is 112 Å². The fraction of sp³-hybridized carbons (Fsp3) is 0.494. The number of methoxy groups -OCH3 is 4. The van der Waals surface area contributed by atoms with Crippen LogP contribution < -0.4 is 14.8 Å². The first-order valence-corrected chi connectivity index (χ1v) is 43.3. The molecule has 12 nitrogen and oxygen atoms in total. The van der Waals surface area contributed by atoms with Crippen LogP contribution in [0.25, 0.3) is 0 Å². The van der Waals surface area contributed by atoms with Gasteiger partial charge in [-0.15, -0.1) is 11.8 Å². The van der Waals surface area contributed by atoms with E-state index in [1.54, 1.807) is 40.0 Å². The summed E-state index contributed by atoms with van der Waals surface area (Å²) in [6.45, 7) is 7.44. The molecule has 0 fully saturated rings. The van der Waals surface area contributed by atoms with Gasteiger partial charge in [-0.3, -0.25) is 28.8 Å². The number of carbonyl (C=O) groups excluding carboxylic acids is 7. The van der Waals surface area contributed by atoms with Crippen molar-refractivity contribution in [1.29, 1.82) is 0 Å². The Hall–Kier alpha value is -5.89. The number of hydrogen-bond donors (Lipinski definition) is 1. The van der Waals surface area contributed by atoms with Crippen LogP contribution in [-0.2, 0) is 68.3 Å². The number of carbonyl (C=O) groups is 7. The minimum atomic E-state index is -0.116. The van der Waals surface area contributed by atoms with Crippen LogP contribution in [0.5, 0.6) is 11.5 Å². The summed E-state index contributed by atoms with van der Waals surface area (Å²) in [6, 6.07) is 55.5. The Morgan fingerprint density at radius 2 is 0.680 bits per heavy atom. The molecule has 1 amide bonds. The summed E-state index contributed by atoms with van der Waals surface area (Å²) >= 11 is 11.3. The highest BCUT2D eigenvalue weighted by molar-refractivity contribution is 8.00. The van der Waals surface area contributed by atoms with Gasteiger partial charge in [-0.2, -0.15) is 58.8 Å². The van der Waals surface area contributed by atoms with Crippen molar-refractivity contribution in [2.24, 2.45) is 0 Å². The standard InChI is InChI=1S/C15H21NO2S.C15H22O2S.C14H20O3S.2C14H20OS.C13H18O2S/c1-12(17)8-4-3-7-11-19-14-10-6-5-9-13(14)15(18)16-2;1-3-14(16)6-4-5-11-18-12-13-7-9-15(17-2)10-8-13;1-16-13-8-6-12(7-9-13)11-18-10-4-3-5-14(15)17-2;1-2-14(15)10-6-7-11-16-12-13-8-4-3-5-9-13;1-2-14(15)9-6-11-16-12-10-13-7-4-3-5-8-13;1-15-13(14)8-5-10-16-11-9-12-6-3-2-4-7-12/h5-6,9-10H,3-4,7-8,11H2,1-2H3,(H,16,18);7-10H,3-6,11-12H2,1-2H3;6-9H,3-5,10-11H2,1-2H3;3-5,8-9H,2,6-7,10-12H2,1H3;3-5,7-8H,2,6,9-12H2,1H3;2-4,6-7H,5,8-11H2,1H3. The molecule has 6 rings (SSSR count). The fourth-order valence-corrected chi connectivity index (χ4v) is 15.0. The largest absolute Gasteiger partial charge is 0.497 e. The van der Waals surface area contributed by atoms with Crippen molar-refractivity contribution < 1.29 is 52.5 Å². The predicted octanol–water partition coefficient (Wildman–Crippen LogP) is 21.3. The molecule has 0 saturated heterocycles. The SMILES string of the molecule is CCC(=O)CCCCSCc1ccc(OC)cc1.CCC(=O)CCCCSCc1ccccc1.CCC(=O)CCCSCCc1ccccc1.CNC(=O)c1ccccc1SCCCCCC(C)=O.COC(=O)CCCCSCc1ccc(OC)cc1.COC(=O)CCCSCCc1ccccc1. The second-order valence-corrected chi connectivity index (χ2v) is 30.8. The molecule has 0 aliphatic heterocycles. The minimum absolute atomic E-state index is 0.0420. The number of hydrogen-bond acceptors (Lipinski definition) is 17. The second kappa shape index (κ2) is 68.0. The Balaban J connectivity index is 0.000000619. The number of thioether (sulfide) groups is 6. The Morgan fingerprint density at radius 1 is 0.340 bits per heavy atom. The van der Waals surface area contributed by atoms with E-state index in [0.717, 1.165) is 188 Å². The molecule has 0 aliphatic rings. The van der Waals surface area contributed by atoms with Crippen molar-refractivity contribution in [2.45, 2.75) is 191 Å². The highest BCUT2D eigenvalue weighted by atomic mass is 32.2. The van der Waals surface area contributed by atoms with Crippen LogP contribution in [0.3, 0.4) is 0 Å². The van der Waals surface area contributed by atoms with Gasteiger partial charge < -0.3 is 29.1 Å². The molecular formula is C85H121NO11S6. The van der Waals surface area contributed by atoms with Gasteiger partial charge in [-0.1, -0.05) is 155 Å². The summed E-state index contributed by atoms with van der Waals surface area (Å²) in [7, 11) is 7.86. The van der Waals surface area contributed by atoms with Gasteiger partial charge in [0.2, 0.25) is 0 Å². The van der Waals surface area contributed by atoms with Crippen LogP contribution >= 0.6 is 70.6 Å². The third kappa shape index (κ3) is 56.2. The molecular weight excluding hydrogens is 1400 g/mol. The number of ether oxygens (including phenoxy) is 4. The van der Waals surface area contributed by atoms with E-state index in [1.807, 2.05) is 146 Å². The molecule has 0 bridgehead atoms. The van der Waals surface area contributed by atoms with Crippen molar-refractivity contribution in [2.75, 3.05) is 81.5 Å². The summed E-state index contributed by atoms with van der Waals surface area (Å²) in [6.07, 6.45) is 19.7. The van der Waals surface area contributed by atoms with Crippen LogP contribution in [0, 0.1) is 0 Å². The molecule has 1 N–H and O–H groups in total. The number of benzene rings is 6. The highest BCUT2D eigenvalue weighted by Crippen LogP contribution is 2.25. The number of amides is 1. The molecule has 0 aliphatic carbocycles. The average molecular weight is 1530 g/mol. The molecule has 18 heteroatoms. The van der Waals surface area contributed by atoms with Gasteiger partial charge in [0.15, 0.2) is 0 Å². The van der Waals surface area contributed by atoms with E-state index in [-0.39, 0.29) is 23.6 Å². The maximum atomic E-state index is 11.7. The maximum absolute atomic E-state index is 11.7. The van der Waals surface area contributed by atoms with Crippen molar-refractivity contribution in [3.05, 3.63) is 197 Å². The molecule has 0 heterocycles. The summed E-state index contributed by atoms with van der Waals surface area (Å²) in [5.41, 5.74) is 7.53. The second-order valence-electron chi connectivity index (χ2n) is 23.9. The lowest BCUT2D eigenvalue weighted by Gasteiger charge is -2.07. The van der Waals surface area contributed by atoms with Crippen molar-refractivity contribution in [3.63, 3.8) is 0 Å². The third-order valence-electron chi connectivity index (χ3n) is 15.5. The van der Waals surface area contributed by atoms with E-state index in [0.29, 0.717) is 55.9 Å². The molecule has 568 valence electrons. The summed E-state index contributed by atoms with van der Waals surface area (Å²) in [5.74, 6) is 14.8. The number of Topliss-reactive ketones (excluding diaryl/α,β-unsaturated/α-hetero) is 4. The molecule has 0 aromatic heterocycles. The molecule has 103 heavy (non-hydrogen) atoms. The first-order valence-electron chi connectivity index (χ1n) is 36.5. The van der Waals surface area contributed by atoms with Gasteiger partial charge in [-0.25, -0.2) is 0 Å². The monoisotopic (exact) mass is 1520 g/mol. The van der Waals surface area contributed by atoms with Crippen molar-refractivity contribution in [3.8, 4) is 11.5 Å². The average Bonchev–Trinajstić information content (AvgIpc) is 0.883. The van der Waals surface area contributed by atoms with E-state index < -0.39 is 0 Å². The Morgan fingerprint density at radius 3 is 1.08 bits per heavy atom. The zero-order chi connectivity index (χ0) is 75.4. The van der Waals surface area contributed by atoms with Gasteiger partial charge in [-0.05, 0) is 194 Å². The van der Waals surface area contributed by atoms with Crippen LogP contribution in [0.2, 0.25) is 0 Å². The van der Waals surface area contributed by atoms with Crippen molar-refractivity contribution in [1.82, 2.24) is 5.32 Å². The summed E-state index contributed by atoms with van der Waals surface area (Å²) in [5, 5.41) is 2.66. The maximum Gasteiger partial charge on any atom is 0.305 e. The summed E-state index contributed by atoms with van der Waals surface area (Å²) in [4.78, 5) is 78.4. The zero-order valence-electron chi connectivity index (χ0n) is 63.4. The molecule has 0 spiro atoms. The number of rotatable bonds is 48. The van der Waals surface area contributed by atoms with Gasteiger partial charge in [0.25, 0.3) is 5.91 Å². The molecule has 0 saturated carbocycles. The first kappa shape index (κ1) is 95.1. The molecule has 6 aromatic rings. The lowest BCUT2D eigenvalue weighted by Crippen LogP contribution is -2.18. The van der Waals surface area contributed by atoms with Crippen LogP contribution in [0.15, 0.2) is 169 Å². The third-order valence-corrected chi connectivity index (χ3v) is 22.1. The smallest absolute Gasteiger partial charge is 0.305 e. The lowest BCUT2D eigenvalue weighted by molar-refractivity contribution is -0.141. The van der Waals surface area contributed by atoms with Gasteiger partial charge in [0, 0.05) is 87.0 Å². The Kier molecular flexibility index (Phi) is 62.8. The number of unbranched alkanes of at least 4 members (excludes halogenated alkanes) is 5. The van der Waals surface area contributed by atoms with Gasteiger partial charge in [0.05, 0.1) is 34.0 Å². The number of nitrogens with one attached hydrogen (secondary N) is 1. The van der Waals surface area contributed by atoms with E-state index in [9.17, 15) is 33.6 Å². The van der Waals surface area contributed by atoms with Gasteiger partial charge in [0.1, 0.15) is 34.6 Å². The zero-order valence-corrected chi connectivity index (χ0v) is 68.3. The number of esters is 2. The lowest BCUT2D eigenvalue weighted by atomic mass is 10.1. The first-order chi connectivity index (χ1) is 50.1. The Bertz CT molecular complexity index is 2870. The van der Waals surface area contributed by atoms with Crippen LogP contribution in [0.1, 0.15) is 194 Å². The Labute approximate surface area is 646 Å². The molecule has 0 unspecified atom stereocenters. The van der Waals surface area contributed by atoms with E-state index in [4.69, 9.17) is 9.47 Å². The number of aryl methyl sites for hydroxylation is 2. The molecule has 6 aromatic carbocycles. The summed E-state index contributed by atoms with van der Waals surface area (Å²) < 4.78 is 19.4. The van der Waals surface area contributed by atoms with Crippen molar-refractivity contribution >= 4 is 112 Å². The van der Waals surface area contributed by atoms with Crippen LogP contribution in [-0.4, -0.2) is 122 Å². The number of ketones is 4. The van der Waals surface area contributed by atoms with Crippen LogP contribution in [0.4, 0.5) is 0 Å².